The van der Waals surface area contributed by atoms with Gasteiger partial charge in [0.1, 0.15) is 5.75 Å². The van der Waals surface area contributed by atoms with Gasteiger partial charge in [-0.1, -0.05) is 42.5 Å². The highest BCUT2D eigenvalue weighted by Crippen LogP contribution is 2.15. The Morgan fingerprint density at radius 1 is 1.08 bits per heavy atom. The Morgan fingerprint density at radius 2 is 1.88 bits per heavy atom. The van der Waals surface area contributed by atoms with Crippen LogP contribution in [0.25, 0.3) is 0 Å². The number of nitrogens with one attached hydrogen (secondary N) is 2. The summed E-state index contributed by atoms with van der Waals surface area (Å²) in [5.74, 6) is 0.890. The molecule has 2 amide bonds. The van der Waals surface area contributed by atoms with Crippen molar-refractivity contribution < 1.29 is 9.53 Å². The number of amides is 2. The molecule has 0 unspecified atom stereocenters. The Bertz CT molecular complexity index is 659. The highest BCUT2D eigenvalue weighted by molar-refractivity contribution is 5.73. The molecule has 0 saturated carbocycles. The molecule has 128 valence electrons. The topological polar surface area (TPSA) is 76.4 Å². The summed E-state index contributed by atoms with van der Waals surface area (Å²) in [4.78, 5) is 11.8. The van der Waals surface area contributed by atoms with E-state index in [9.17, 15) is 4.79 Å². The highest BCUT2D eigenvalue weighted by atomic mass is 16.5. The lowest BCUT2D eigenvalue weighted by Crippen LogP contribution is -2.36. The Balaban J connectivity index is 1.60. The molecular formula is C19H25N3O2. The largest absolute Gasteiger partial charge is 0.493 e. The zero-order chi connectivity index (χ0) is 17.2. The maximum absolute atomic E-state index is 11.8. The van der Waals surface area contributed by atoms with Crippen molar-refractivity contribution in [2.24, 2.45) is 5.73 Å². The second-order valence-corrected chi connectivity index (χ2v) is 5.60. The van der Waals surface area contributed by atoms with Crippen molar-refractivity contribution in [1.29, 1.82) is 0 Å². The minimum Gasteiger partial charge on any atom is -0.493 e. The van der Waals surface area contributed by atoms with Crippen molar-refractivity contribution >= 4 is 6.03 Å². The molecule has 0 aliphatic rings. The summed E-state index contributed by atoms with van der Waals surface area (Å²) in [7, 11) is 0. The SMILES string of the molecule is Cc1ccccc1OCCCNC(=O)NCc1cccc(CN)c1. The fourth-order valence-corrected chi connectivity index (χ4v) is 2.29. The predicted molar refractivity (Wildman–Crippen MR) is 95.9 cm³/mol. The van der Waals surface area contributed by atoms with E-state index in [0.717, 1.165) is 28.9 Å². The second-order valence-electron chi connectivity index (χ2n) is 5.60. The van der Waals surface area contributed by atoms with E-state index < -0.39 is 0 Å². The minimum absolute atomic E-state index is 0.177. The van der Waals surface area contributed by atoms with Crippen LogP contribution in [0, 0.1) is 6.92 Å². The Hall–Kier alpha value is -2.53. The Kier molecular flexibility index (Phi) is 7.11. The average Bonchev–Trinajstić information content (AvgIpc) is 2.61. The van der Waals surface area contributed by atoms with E-state index in [-0.39, 0.29) is 6.03 Å². The van der Waals surface area contributed by atoms with Crippen LogP contribution in [0.2, 0.25) is 0 Å². The predicted octanol–water partition coefficient (Wildman–Crippen LogP) is 2.72. The number of aryl methyl sites for hydroxylation is 1. The van der Waals surface area contributed by atoms with Crippen LogP contribution in [-0.2, 0) is 13.1 Å². The van der Waals surface area contributed by atoms with E-state index in [4.69, 9.17) is 10.5 Å². The van der Waals surface area contributed by atoms with E-state index >= 15 is 0 Å². The van der Waals surface area contributed by atoms with Gasteiger partial charge in [-0.2, -0.15) is 0 Å². The van der Waals surface area contributed by atoms with E-state index in [2.05, 4.69) is 10.6 Å². The standard InChI is InChI=1S/C19H25N3O2/c1-15-6-2-3-9-18(15)24-11-5-10-21-19(23)22-14-17-8-4-7-16(12-17)13-20/h2-4,6-9,12H,5,10-11,13-14,20H2,1H3,(H2,21,22,23). The Morgan fingerprint density at radius 3 is 2.67 bits per heavy atom. The summed E-state index contributed by atoms with van der Waals surface area (Å²) >= 11 is 0. The van der Waals surface area contributed by atoms with Gasteiger partial charge in [0.05, 0.1) is 6.61 Å². The molecule has 0 atom stereocenters. The minimum atomic E-state index is -0.177. The maximum Gasteiger partial charge on any atom is 0.315 e. The van der Waals surface area contributed by atoms with Crippen molar-refractivity contribution in [3.8, 4) is 5.75 Å². The normalized spacial score (nSPS) is 10.2. The zero-order valence-electron chi connectivity index (χ0n) is 14.0. The number of benzene rings is 2. The third-order valence-electron chi connectivity index (χ3n) is 3.64. The first kappa shape index (κ1) is 17.8. The van der Waals surface area contributed by atoms with Crippen LogP contribution in [0.4, 0.5) is 4.79 Å². The van der Waals surface area contributed by atoms with Crippen LogP contribution in [-0.4, -0.2) is 19.2 Å². The van der Waals surface area contributed by atoms with Crippen molar-refractivity contribution in [2.45, 2.75) is 26.4 Å². The van der Waals surface area contributed by atoms with E-state index in [0.29, 0.717) is 26.2 Å². The zero-order valence-corrected chi connectivity index (χ0v) is 14.0. The Labute approximate surface area is 143 Å². The molecule has 24 heavy (non-hydrogen) atoms. The number of carbonyl (C=O) groups is 1. The summed E-state index contributed by atoms with van der Waals surface area (Å²) in [6.07, 6.45) is 0.754. The molecule has 0 saturated heterocycles. The van der Waals surface area contributed by atoms with Crippen LogP contribution in [0.5, 0.6) is 5.75 Å². The second kappa shape index (κ2) is 9.57. The smallest absolute Gasteiger partial charge is 0.315 e. The molecule has 4 N–H and O–H groups in total. The summed E-state index contributed by atoms with van der Waals surface area (Å²) < 4.78 is 5.69. The van der Waals surface area contributed by atoms with Crippen LogP contribution in [0.15, 0.2) is 48.5 Å². The molecule has 5 nitrogen and oxygen atoms in total. The van der Waals surface area contributed by atoms with Gasteiger partial charge in [0.15, 0.2) is 0 Å². The van der Waals surface area contributed by atoms with Gasteiger partial charge in [0, 0.05) is 19.6 Å². The number of rotatable bonds is 8. The lowest BCUT2D eigenvalue weighted by Gasteiger charge is -2.10. The maximum atomic E-state index is 11.8. The molecule has 0 fully saturated rings. The van der Waals surface area contributed by atoms with Crippen LogP contribution >= 0.6 is 0 Å². The molecule has 2 aromatic carbocycles. The third-order valence-corrected chi connectivity index (χ3v) is 3.64. The fraction of sp³-hybridized carbons (Fsp3) is 0.316. The monoisotopic (exact) mass is 327 g/mol. The molecular weight excluding hydrogens is 302 g/mol. The van der Waals surface area contributed by atoms with Gasteiger partial charge in [0.25, 0.3) is 0 Å². The summed E-state index contributed by atoms with van der Waals surface area (Å²) in [5.41, 5.74) is 8.82. The van der Waals surface area contributed by atoms with Gasteiger partial charge < -0.3 is 21.1 Å². The molecule has 0 aliphatic carbocycles. The van der Waals surface area contributed by atoms with Crippen molar-refractivity contribution in [2.75, 3.05) is 13.2 Å². The molecule has 0 spiro atoms. The van der Waals surface area contributed by atoms with Crippen molar-refractivity contribution in [3.63, 3.8) is 0 Å². The molecule has 0 aromatic heterocycles. The number of ether oxygens (including phenoxy) is 1. The fourth-order valence-electron chi connectivity index (χ4n) is 2.29. The van der Waals surface area contributed by atoms with E-state index in [1.807, 2.05) is 55.5 Å². The highest BCUT2D eigenvalue weighted by Gasteiger charge is 2.01. The first-order valence-corrected chi connectivity index (χ1v) is 8.17. The van der Waals surface area contributed by atoms with Gasteiger partial charge in [-0.3, -0.25) is 0 Å². The molecule has 2 rings (SSSR count). The number of hydrogen-bond donors (Lipinski definition) is 3. The van der Waals surface area contributed by atoms with Gasteiger partial charge >= 0.3 is 6.03 Å². The van der Waals surface area contributed by atoms with Gasteiger partial charge in [-0.15, -0.1) is 0 Å². The summed E-state index contributed by atoms with van der Waals surface area (Å²) in [5, 5.41) is 5.66. The number of carbonyl (C=O) groups excluding carboxylic acids is 1. The van der Waals surface area contributed by atoms with Gasteiger partial charge in [0.2, 0.25) is 0 Å². The number of para-hydroxylation sites is 1. The lowest BCUT2D eigenvalue weighted by molar-refractivity contribution is 0.238. The number of hydrogen-bond acceptors (Lipinski definition) is 3. The molecule has 0 aliphatic heterocycles. The molecule has 0 radical (unpaired) electrons. The molecule has 2 aromatic rings. The third kappa shape index (κ3) is 5.93. The van der Waals surface area contributed by atoms with Crippen LogP contribution in [0.1, 0.15) is 23.1 Å². The first-order valence-electron chi connectivity index (χ1n) is 8.17. The van der Waals surface area contributed by atoms with Crippen LogP contribution < -0.4 is 21.1 Å². The summed E-state index contributed by atoms with van der Waals surface area (Å²) in [6.45, 7) is 4.14. The lowest BCUT2D eigenvalue weighted by atomic mass is 10.1. The van der Waals surface area contributed by atoms with Crippen molar-refractivity contribution in [1.82, 2.24) is 10.6 Å². The van der Waals surface area contributed by atoms with Gasteiger partial charge in [-0.05, 0) is 36.1 Å². The molecule has 0 bridgehead atoms. The number of urea groups is 1. The quantitative estimate of drug-likeness (QED) is 0.653. The van der Waals surface area contributed by atoms with E-state index in [1.165, 1.54) is 0 Å². The first-order chi connectivity index (χ1) is 11.7. The van der Waals surface area contributed by atoms with Gasteiger partial charge in [-0.25, -0.2) is 4.79 Å². The average molecular weight is 327 g/mol. The molecule has 0 heterocycles. The number of nitrogens with two attached hydrogens (primary N) is 1. The molecule has 5 heteroatoms. The van der Waals surface area contributed by atoms with Crippen molar-refractivity contribution in [3.05, 3.63) is 65.2 Å². The van der Waals surface area contributed by atoms with E-state index in [1.54, 1.807) is 0 Å². The van der Waals surface area contributed by atoms with Crippen LogP contribution in [0.3, 0.4) is 0 Å². The summed E-state index contributed by atoms with van der Waals surface area (Å²) in [6, 6.07) is 15.6.